The van der Waals surface area contributed by atoms with Gasteiger partial charge >= 0.3 is 0 Å². The van der Waals surface area contributed by atoms with Crippen LogP contribution in [0.2, 0.25) is 0 Å². The van der Waals surface area contributed by atoms with Crippen molar-refractivity contribution < 1.29 is 13.2 Å². The molecule has 0 heterocycles. The Labute approximate surface area is 172 Å². The van der Waals surface area contributed by atoms with Crippen LogP contribution in [0.15, 0.2) is 48.5 Å². The van der Waals surface area contributed by atoms with Gasteiger partial charge in [-0.15, -0.1) is 0 Å². The second-order valence-corrected chi connectivity index (χ2v) is 9.47. The highest BCUT2D eigenvalue weighted by molar-refractivity contribution is 7.89. The maximum atomic E-state index is 12.8. The van der Waals surface area contributed by atoms with Crippen molar-refractivity contribution in [2.45, 2.75) is 51.0 Å². The van der Waals surface area contributed by atoms with Crippen LogP contribution in [-0.4, -0.2) is 26.0 Å². The van der Waals surface area contributed by atoms with Gasteiger partial charge in [-0.1, -0.05) is 55.8 Å². The van der Waals surface area contributed by atoms with E-state index in [0.717, 1.165) is 23.1 Å². The van der Waals surface area contributed by atoms with Crippen molar-refractivity contribution in [2.24, 2.45) is 0 Å². The van der Waals surface area contributed by atoms with E-state index < -0.39 is 15.9 Å². The molecule has 0 amide bonds. The summed E-state index contributed by atoms with van der Waals surface area (Å²) in [6, 6.07) is 16.9. The summed E-state index contributed by atoms with van der Waals surface area (Å²) in [6.07, 6.45) is 2.84. The Bertz CT molecular complexity index is 1010. The van der Waals surface area contributed by atoms with E-state index in [1.54, 1.807) is 6.07 Å². The highest BCUT2D eigenvalue weighted by Gasteiger charge is 2.26. The highest BCUT2D eigenvalue weighted by atomic mass is 32.2. The molecule has 0 aromatic heterocycles. The molecule has 0 aliphatic heterocycles. The molecule has 1 aliphatic rings. The molecule has 0 spiro atoms. The van der Waals surface area contributed by atoms with Crippen molar-refractivity contribution in [3.8, 4) is 6.07 Å². The highest BCUT2D eigenvalue weighted by Crippen LogP contribution is 2.26. The van der Waals surface area contributed by atoms with Crippen LogP contribution in [-0.2, 0) is 22.9 Å². The van der Waals surface area contributed by atoms with Crippen LogP contribution in [0, 0.1) is 11.3 Å². The SMILES string of the molecule is CCCCS(=O)(=O)NC1Cc2ccc(C(=O)CC(C#N)c3ccccc3)cc2C1. The molecular formula is C23H26N2O3S. The summed E-state index contributed by atoms with van der Waals surface area (Å²) in [5.41, 5.74) is 3.50. The number of carbonyl (C=O) groups excluding carboxylic acids is 1. The van der Waals surface area contributed by atoms with Gasteiger partial charge in [-0.05, 0) is 42.0 Å². The fourth-order valence-corrected chi connectivity index (χ4v) is 5.21. The summed E-state index contributed by atoms with van der Waals surface area (Å²) in [7, 11) is -3.27. The summed E-state index contributed by atoms with van der Waals surface area (Å²) >= 11 is 0. The Balaban J connectivity index is 1.66. The molecule has 1 aliphatic carbocycles. The molecular weight excluding hydrogens is 384 g/mol. The Hall–Kier alpha value is -2.49. The lowest BCUT2D eigenvalue weighted by Gasteiger charge is -2.12. The molecule has 2 atom stereocenters. The third-order valence-corrected chi connectivity index (χ3v) is 6.84. The van der Waals surface area contributed by atoms with Gasteiger partial charge in [0.05, 0.1) is 17.7 Å². The first kappa shape index (κ1) is 21.2. The lowest BCUT2D eigenvalue weighted by Crippen LogP contribution is -2.36. The van der Waals surface area contributed by atoms with Crippen LogP contribution in [0.5, 0.6) is 0 Å². The number of fused-ring (bicyclic) bond motifs is 1. The number of hydrogen-bond acceptors (Lipinski definition) is 4. The average molecular weight is 411 g/mol. The van der Waals surface area contributed by atoms with Crippen molar-refractivity contribution in [3.63, 3.8) is 0 Å². The number of rotatable bonds is 9. The van der Waals surface area contributed by atoms with Gasteiger partial charge in [0.2, 0.25) is 10.0 Å². The number of nitriles is 1. The number of Topliss-reactive ketones (excluding diaryl/α,β-unsaturated/α-hetero) is 1. The Kier molecular flexibility index (Phi) is 6.83. The lowest BCUT2D eigenvalue weighted by molar-refractivity contribution is 0.0979. The molecule has 1 N–H and O–H groups in total. The predicted molar refractivity (Wildman–Crippen MR) is 113 cm³/mol. The van der Waals surface area contributed by atoms with Gasteiger partial charge in [-0.3, -0.25) is 4.79 Å². The summed E-state index contributed by atoms with van der Waals surface area (Å²) in [4.78, 5) is 12.8. The zero-order valence-electron chi connectivity index (χ0n) is 16.6. The number of ketones is 1. The van der Waals surface area contributed by atoms with Crippen LogP contribution in [0.25, 0.3) is 0 Å². The number of carbonyl (C=O) groups is 1. The normalized spacial score (nSPS) is 16.8. The van der Waals surface area contributed by atoms with E-state index in [0.29, 0.717) is 24.8 Å². The topological polar surface area (TPSA) is 87.0 Å². The minimum atomic E-state index is -3.27. The largest absolute Gasteiger partial charge is 0.294 e. The van der Waals surface area contributed by atoms with Gasteiger partial charge < -0.3 is 0 Å². The van der Waals surface area contributed by atoms with Gasteiger partial charge in [-0.25, -0.2) is 13.1 Å². The van der Waals surface area contributed by atoms with Gasteiger partial charge in [0.15, 0.2) is 5.78 Å². The van der Waals surface area contributed by atoms with Crippen LogP contribution in [0.1, 0.15) is 59.2 Å². The van der Waals surface area contributed by atoms with E-state index in [4.69, 9.17) is 0 Å². The number of unbranched alkanes of at least 4 members (excludes halogenated alkanes) is 1. The van der Waals surface area contributed by atoms with E-state index >= 15 is 0 Å². The van der Waals surface area contributed by atoms with Gasteiger partial charge in [0, 0.05) is 18.0 Å². The van der Waals surface area contributed by atoms with Crippen molar-refractivity contribution in [1.29, 1.82) is 5.26 Å². The van der Waals surface area contributed by atoms with Gasteiger partial charge in [0.25, 0.3) is 0 Å². The first-order chi connectivity index (χ1) is 13.9. The minimum Gasteiger partial charge on any atom is -0.294 e. The quantitative estimate of drug-likeness (QED) is 0.638. The number of hydrogen-bond donors (Lipinski definition) is 1. The lowest BCUT2D eigenvalue weighted by atomic mass is 9.92. The first-order valence-electron chi connectivity index (χ1n) is 10.0. The van der Waals surface area contributed by atoms with Crippen molar-refractivity contribution in [1.82, 2.24) is 4.72 Å². The standard InChI is InChI=1S/C23H26N2O3S/c1-2-3-11-29(27,28)25-22-13-18-9-10-19(12-20(18)14-22)23(26)15-21(16-24)17-7-5-4-6-8-17/h4-10,12,21-22,25H,2-3,11,13-15H2,1H3. The Morgan fingerprint density at radius 1 is 1.17 bits per heavy atom. The molecule has 6 heteroatoms. The van der Waals surface area contributed by atoms with Gasteiger partial charge in [0.1, 0.15) is 0 Å². The average Bonchev–Trinajstić information content (AvgIpc) is 3.11. The third-order valence-electron chi connectivity index (χ3n) is 5.32. The van der Waals surface area contributed by atoms with Crippen LogP contribution in [0.4, 0.5) is 0 Å². The molecule has 0 bridgehead atoms. The molecule has 0 saturated carbocycles. The van der Waals surface area contributed by atoms with Crippen molar-refractivity contribution >= 4 is 15.8 Å². The predicted octanol–water partition coefficient (Wildman–Crippen LogP) is 3.75. The first-order valence-corrected chi connectivity index (χ1v) is 11.7. The molecule has 0 radical (unpaired) electrons. The third kappa shape index (κ3) is 5.53. The second kappa shape index (κ2) is 9.34. The summed E-state index contributed by atoms with van der Waals surface area (Å²) in [6.45, 7) is 1.97. The summed E-state index contributed by atoms with van der Waals surface area (Å²) in [5, 5.41) is 9.47. The number of benzene rings is 2. The molecule has 2 aromatic carbocycles. The molecule has 0 fully saturated rings. The van der Waals surface area contributed by atoms with E-state index in [-0.39, 0.29) is 24.0 Å². The van der Waals surface area contributed by atoms with Crippen LogP contribution >= 0.6 is 0 Å². The van der Waals surface area contributed by atoms with E-state index in [1.807, 2.05) is 49.4 Å². The zero-order valence-corrected chi connectivity index (χ0v) is 17.4. The number of nitrogens with one attached hydrogen (secondary N) is 1. The van der Waals surface area contributed by atoms with E-state index in [2.05, 4.69) is 10.8 Å². The molecule has 2 aromatic rings. The van der Waals surface area contributed by atoms with Crippen LogP contribution < -0.4 is 4.72 Å². The van der Waals surface area contributed by atoms with E-state index in [9.17, 15) is 18.5 Å². The number of sulfonamides is 1. The maximum Gasteiger partial charge on any atom is 0.211 e. The Morgan fingerprint density at radius 2 is 1.90 bits per heavy atom. The van der Waals surface area contributed by atoms with E-state index in [1.165, 1.54) is 0 Å². The smallest absolute Gasteiger partial charge is 0.211 e. The fraction of sp³-hybridized carbons (Fsp3) is 0.391. The zero-order chi connectivity index (χ0) is 20.9. The summed E-state index contributed by atoms with van der Waals surface area (Å²) < 4.78 is 27.1. The number of nitrogens with zero attached hydrogens (tertiary/aromatic N) is 1. The second-order valence-electron chi connectivity index (χ2n) is 7.60. The van der Waals surface area contributed by atoms with Crippen LogP contribution in [0.3, 0.4) is 0 Å². The Morgan fingerprint density at radius 3 is 2.59 bits per heavy atom. The fourth-order valence-electron chi connectivity index (χ4n) is 3.75. The molecule has 0 saturated heterocycles. The van der Waals surface area contributed by atoms with Crippen molar-refractivity contribution in [3.05, 3.63) is 70.8 Å². The van der Waals surface area contributed by atoms with Gasteiger partial charge in [-0.2, -0.15) is 5.26 Å². The molecule has 152 valence electrons. The monoisotopic (exact) mass is 410 g/mol. The summed E-state index contributed by atoms with van der Waals surface area (Å²) in [5.74, 6) is -0.403. The molecule has 3 rings (SSSR count). The maximum absolute atomic E-state index is 12.8. The van der Waals surface area contributed by atoms with Crippen molar-refractivity contribution in [2.75, 3.05) is 5.75 Å². The molecule has 29 heavy (non-hydrogen) atoms. The molecule has 5 nitrogen and oxygen atoms in total. The minimum absolute atomic E-state index is 0.0739. The molecule has 2 unspecified atom stereocenters.